The Hall–Kier alpha value is -2.86. The number of hydrogen-bond donors (Lipinski definition) is 1. The average molecular weight is 402 g/mol. The van der Waals surface area contributed by atoms with Crippen molar-refractivity contribution in [3.63, 3.8) is 0 Å². The maximum Gasteiger partial charge on any atom is 0.271 e. The van der Waals surface area contributed by atoms with Crippen LogP contribution in [-0.4, -0.2) is 42.1 Å². The number of nitrogens with one attached hydrogen (secondary N) is 1. The molecule has 0 aliphatic carbocycles. The zero-order valence-electron chi connectivity index (χ0n) is 16.2. The predicted octanol–water partition coefficient (Wildman–Crippen LogP) is 3.74. The molecular formula is C21H24ClN3O3. The van der Waals surface area contributed by atoms with E-state index in [1.807, 2.05) is 26.0 Å². The van der Waals surface area contributed by atoms with Gasteiger partial charge in [-0.15, -0.1) is 0 Å². The molecule has 0 aliphatic rings. The SMILES string of the molecule is CCN(CC)C(=O)COc1ccc(/C(C)=N\NC(=O)c2cccc(Cl)c2)cc1. The van der Waals surface area contributed by atoms with Gasteiger partial charge in [-0.3, -0.25) is 9.59 Å². The van der Waals surface area contributed by atoms with E-state index >= 15 is 0 Å². The number of likely N-dealkylation sites (N-methyl/N-ethyl adjacent to an activating group) is 1. The van der Waals surface area contributed by atoms with Crippen LogP contribution in [0.4, 0.5) is 0 Å². The molecule has 2 amide bonds. The summed E-state index contributed by atoms with van der Waals surface area (Å²) in [6.07, 6.45) is 0. The van der Waals surface area contributed by atoms with Crippen molar-refractivity contribution in [3.8, 4) is 5.75 Å². The number of amides is 2. The molecule has 7 heteroatoms. The third-order valence-electron chi connectivity index (χ3n) is 4.16. The third-order valence-corrected chi connectivity index (χ3v) is 4.40. The number of hydrogen-bond acceptors (Lipinski definition) is 4. The summed E-state index contributed by atoms with van der Waals surface area (Å²) in [7, 11) is 0. The highest BCUT2D eigenvalue weighted by atomic mass is 35.5. The summed E-state index contributed by atoms with van der Waals surface area (Å²) in [5.41, 5.74) is 4.42. The first-order chi connectivity index (χ1) is 13.4. The largest absolute Gasteiger partial charge is 0.484 e. The van der Waals surface area contributed by atoms with Gasteiger partial charge in [0.2, 0.25) is 0 Å². The molecule has 2 rings (SSSR count). The van der Waals surface area contributed by atoms with Crippen LogP contribution < -0.4 is 10.2 Å². The molecule has 0 heterocycles. The van der Waals surface area contributed by atoms with E-state index in [9.17, 15) is 9.59 Å². The standard InChI is InChI=1S/C21H24ClN3O3/c1-4-25(5-2)20(26)14-28-19-11-9-16(10-12-19)15(3)23-24-21(27)17-7-6-8-18(22)13-17/h6-13H,4-5,14H2,1-3H3,(H,24,27)/b23-15-. The summed E-state index contributed by atoms with van der Waals surface area (Å²) in [6, 6.07) is 13.8. The topological polar surface area (TPSA) is 71.0 Å². The van der Waals surface area contributed by atoms with E-state index in [1.54, 1.807) is 48.2 Å². The van der Waals surface area contributed by atoms with E-state index in [0.29, 0.717) is 35.1 Å². The molecular weight excluding hydrogens is 378 g/mol. The second kappa shape index (κ2) is 10.5. The first-order valence-electron chi connectivity index (χ1n) is 9.05. The fraction of sp³-hybridized carbons (Fsp3) is 0.286. The predicted molar refractivity (Wildman–Crippen MR) is 111 cm³/mol. The number of nitrogens with zero attached hydrogens (tertiary/aromatic N) is 2. The number of hydrazone groups is 1. The molecule has 0 aliphatic heterocycles. The van der Waals surface area contributed by atoms with E-state index in [-0.39, 0.29) is 18.4 Å². The molecule has 0 spiro atoms. The van der Waals surface area contributed by atoms with Gasteiger partial charge in [0.1, 0.15) is 5.75 Å². The molecule has 0 radical (unpaired) electrons. The molecule has 0 fully saturated rings. The molecule has 0 atom stereocenters. The number of carbonyl (C=O) groups excluding carboxylic acids is 2. The summed E-state index contributed by atoms with van der Waals surface area (Å²) < 4.78 is 5.54. The normalized spacial score (nSPS) is 11.1. The highest BCUT2D eigenvalue weighted by Gasteiger charge is 2.10. The first-order valence-corrected chi connectivity index (χ1v) is 9.43. The van der Waals surface area contributed by atoms with Crippen LogP contribution in [0.25, 0.3) is 0 Å². The van der Waals surface area contributed by atoms with Gasteiger partial charge in [0.25, 0.3) is 11.8 Å². The van der Waals surface area contributed by atoms with Gasteiger partial charge in [-0.1, -0.05) is 17.7 Å². The van der Waals surface area contributed by atoms with Crippen molar-refractivity contribution >= 4 is 29.1 Å². The molecule has 0 saturated heterocycles. The smallest absolute Gasteiger partial charge is 0.271 e. The Kier molecular flexibility index (Phi) is 8.02. The van der Waals surface area contributed by atoms with Crippen molar-refractivity contribution < 1.29 is 14.3 Å². The summed E-state index contributed by atoms with van der Waals surface area (Å²) in [6.45, 7) is 6.98. The maximum absolute atomic E-state index is 12.1. The lowest BCUT2D eigenvalue weighted by Crippen LogP contribution is -2.34. The zero-order chi connectivity index (χ0) is 20.5. The summed E-state index contributed by atoms with van der Waals surface area (Å²) >= 11 is 5.89. The van der Waals surface area contributed by atoms with Crippen molar-refractivity contribution in [3.05, 3.63) is 64.7 Å². The van der Waals surface area contributed by atoms with Crippen LogP contribution in [0.1, 0.15) is 36.7 Å². The lowest BCUT2D eigenvalue weighted by molar-refractivity contribution is -0.132. The van der Waals surface area contributed by atoms with Gasteiger partial charge in [0.15, 0.2) is 6.61 Å². The highest BCUT2D eigenvalue weighted by Crippen LogP contribution is 2.14. The van der Waals surface area contributed by atoms with Gasteiger partial charge < -0.3 is 9.64 Å². The summed E-state index contributed by atoms with van der Waals surface area (Å²) in [5.74, 6) is 0.215. The van der Waals surface area contributed by atoms with E-state index < -0.39 is 0 Å². The lowest BCUT2D eigenvalue weighted by atomic mass is 10.1. The minimum Gasteiger partial charge on any atom is -0.484 e. The van der Waals surface area contributed by atoms with Gasteiger partial charge in [0, 0.05) is 23.7 Å². The van der Waals surface area contributed by atoms with Gasteiger partial charge in [0.05, 0.1) is 5.71 Å². The van der Waals surface area contributed by atoms with Gasteiger partial charge in [-0.2, -0.15) is 5.10 Å². The Bertz CT molecular complexity index is 846. The molecule has 2 aromatic carbocycles. The van der Waals surface area contributed by atoms with Crippen molar-refractivity contribution in [1.29, 1.82) is 0 Å². The quantitative estimate of drug-likeness (QED) is 0.541. The van der Waals surface area contributed by atoms with Crippen LogP contribution in [0.3, 0.4) is 0 Å². The van der Waals surface area contributed by atoms with Crippen molar-refractivity contribution in [2.45, 2.75) is 20.8 Å². The minimum atomic E-state index is -0.336. The van der Waals surface area contributed by atoms with E-state index in [2.05, 4.69) is 10.5 Å². The Morgan fingerprint density at radius 2 is 1.75 bits per heavy atom. The number of halogens is 1. The number of carbonyl (C=O) groups is 2. The first kappa shape index (κ1) is 21.4. The number of ether oxygens (including phenoxy) is 1. The van der Waals surface area contributed by atoms with E-state index in [4.69, 9.17) is 16.3 Å². The number of rotatable bonds is 8. The van der Waals surface area contributed by atoms with E-state index in [1.165, 1.54) is 0 Å². The van der Waals surface area contributed by atoms with Gasteiger partial charge in [-0.05, 0) is 68.8 Å². The lowest BCUT2D eigenvalue weighted by Gasteiger charge is -2.18. The Morgan fingerprint density at radius 3 is 2.36 bits per heavy atom. The second-order valence-corrected chi connectivity index (χ2v) is 6.46. The molecule has 0 unspecified atom stereocenters. The van der Waals surface area contributed by atoms with Crippen LogP contribution in [0, 0.1) is 0 Å². The second-order valence-electron chi connectivity index (χ2n) is 6.03. The Labute approximate surface area is 170 Å². The summed E-state index contributed by atoms with van der Waals surface area (Å²) in [4.78, 5) is 25.8. The minimum absolute atomic E-state index is 0.00376. The molecule has 2 aromatic rings. The Balaban J connectivity index is 1.93. The maximum atomic E-state index is 12.1. The van der Waals surface area contributed by atoms with Crippen molar-refractivity contribution in [1.82, 2.24) is 10.3 Å². The van der Waals surface area contributed by atoms with Crippen molar-refractivity contribution in [2.24, 2.45) is 5.10 Å². The Morgan fingerprint density at radius 1 is 1.07 bits per heavy atom. The molecule has 28 heavy (non-hydrogen) atoms. The monoisotopic (exact) mass is 401 g/mol. The fourth-order valence-corrected chi connectivity index (χ4v) is 2.69. The van der Waals surface area contributed by atoms with E-state index in [0.717, 1.165) is 5.56 Å². The third kappa shape index (κ3) is 6.09. The molecule has 0 bridgehead atoms. The molecule has 0 aromatic heterocycles. The van der Waals surface area contributed by atoms with Crippen LogP contribution in [-0.2, 0) is 4.79 Å². The van der Waals surface area contributed by atoms with Crippen LogP contribution in [0.15, 0.2) is 53.6 Å². The molecule has 6 nitrogen and oxygen atoms in total. The van der Waals surface area contributed by atoms with Crippen LogP contribution in [0.5, 0.6) is 5.75 Å². The van der Waals surface area contributed by atoms with Crippen molar-refractivity contribution in [2.75, 3.05) is 19.7 Å². The zero-order valence-corrected chi connectivity index (χ0v) is 17.0. The molecule has 0 saturated carbocycles. The van der Waals surface area contributed by atoms with Crippen LogP contribution >= 0.6 is 11.6 Å². The average Bonchev–Trinajstić information content (AvgIpc) is 2.71. The van der Waals surface area contributed by atoms with Gasteiger partial charge in [-0.25, -0.2) is 5.43 Å². The fourth-order valence-electron chi connectivity index (χ4n) is 2.50. The van der Waals surface area contributed by atoms with Crippen LogP contribution in [0.2, 0.25) is 5.02 Å². The highest BCUT2D eigenvalue weighted by molar-refractivity contribution is 6.30. The number of benzene rings is 2. The summed E-state index contributed by atoms with van der Waals surface area (Å²) in [5, 5.41) is 4.61. The van der Waals surface area contributed by atoms with Gasteiger partial charge >= 0.3 is 0 Å². The molecule has 1 N–H and O–H groups in total. The molecule has 148 valence electrons.